The zero-order valence-electron chi connectivity index (χ0n) is 17.5. The molecule has 1 amide bonds. The first-order chi connectivity index (χ1) is 13.9. The summed E-state index contributed by atoms with van der Waals surface area (Å²) >= 11 is 0. The third kappa shape index (κ3) is 3.46. The number of rotatable bonds is 4. The molecule has 1 aliphatic heterocycles. The number of amides is 1. The minimum absolute atomic E-state index is 0.0123. The van der Waals surface area contributed by atoms with Crippen LogP contribution in [0.3, 0.4) is 0 Å². The molecule has 4 rings (SSSR count). The molecule has 1 aliphatic rings. The van der Waals surface area contributed by atoms with Gasteiger partial charge in [0.25, 0.3) is 11.5 Å². The van der Waals surface area contributed by atoms with Crippen molar-refractivity contribution in [1.82, 2.24) is 9.55 Å². The molecule has 150 valence electrons. The van der Waals surface area contributed by atoms with E-state index in [1.165, 1.54) is 0 Å². The summed E-state index contributed by atoms with van der Waals surface area (Å²) in [4.78, 5) is 30.4. The molecule has 1 aromatic heterocycles. The van der Waals surface area contributed by atoms with E-state index in [4.69, 9.17) is 0 Å². The van der Waals surface area contributed by atoms with Crippen molar-refractivity contribution in [3.63, 3.8) is 0 Å². The second kappa shape index (κ2) is 7.47. The Morgan fingerprint density at radius 1 is 1.07 bits per heavy atom. The van der Waals surface area contributed by atoms with Crippen LogP contribution in [0.4, 0.5) is 5.69 Å². The van der Waals surface area contributed by atoms with Crippen molar-refractivity contribution < 1.29 is 4.79 Å². The lowest BCUT2D eigenvalue weighted by Gasteiger charge is -2.20. The number of benzene rings is 2. The van der Waals surface area contributed by atoms with E-state index >= 15 is 0 Å². The molecule has 1 N–H and O–H groups in total. The number of para-hydroxylation sites is 1. The Morgan fingerprint density at radius 2 is 1.76 bits per heavy atom. The number of hydrogen-bond donors (Lipinski definition) is 1. The minimum atomic E-state index is -0.177. The van der Waals surface area contributed by atoms with Crippen molar-refractivity contribution >= 4 is 22.5 Å². The van der Waals surface area contributed by atoms with Gasteiger partial charge in [-0.2, -0.15) is 0 Å². The fourth-order valence-electron chi connectivity index (χ4n) is 4.11. The summed E-state index contributed by atoms with van der Waals surface area (Å²) in [5.74, 6) is 1.23. The van der Waals surface area contributed by atoms with Crippen LogP contribution < -0.4 is 10.9 Å². The Kier molecular flexibility index (Phi) is 4.99. The van der Waals surface area contributed by atoms with Gasteiger partial charge in [0, 0.05) is 24.2 Å². The zero-order valence-corrected chi connectivity index (χ0v) is 17.5. The molecular weight excluding hydrogens is 362 g/mol. The monoisotopic (exact) mass is 389 g/mol. The quantitative estimate of drug-likeness (QED) is 0.694. The fourth-order valence-corrected chi connectivity index (χ4v) is 4.11. The van der Waals surface area contributed by atoms with Crippen molar-refractivity contribution in [1.29, 1.82) is 0 Å². The number of aromatic nitrogens is 2. The Bertz CT molecular complexity index is 1130. The number of fused-ring (bicyclic) bond motifs is 2. The number of anilines is 1. The SMILES string of the molecule is CC(C)c1cccc(C(C)C)c1NC(=O)c1ccc2c(=O)n3c(nc2c1)CCC3. The topological polar surface area (TPSA) is 64.0 Å². The standard InChI is InChI=1S/C24H27N3O2/c1-14(2)17-7-5-8-18(15(3)4)22(17)26-23(28)16-10-11-19-20(13-16)25-21-9-6-12-27(21)24(19)29/h5,7-8,10-11,13-15H,6,9,12H2,1-4H3,(H,26,28). The molecule has 0 atom stereocenters. The maximum Gasteiger partial charge on any atom is 0.261 e. The van der Waals surface area contributed by atoms with Crippen molar-refractivity contribution in [2.75, 3.05) is 5.32 Å². The summed E-state index contributed by atoms with van der Waals surface area (Å²) in [6, 6.07) is 11.4. The van der Waals surface area contributed by atoms with Gasteiger partial charge in [0.15, 0.2) is 0 Å². The fraction of sp³-hybridized carbons (Fsp3) is 0.375. The normalized spacial score (nSPS) is 13.3. The lowest BCUT2D eigenvalue weighted by atomic mass is 9.92. The second-order valence-electron chi connectivity index (χ2n) is 8.40. The second-order valence-corrected chi connectivity index (χ2v) is 8.40. The van der Waals surface area contributed by atoms with Gasteiger partial charge in [0.2, 0.25) is 0 Å². The van der Waals surface area contributed by atoms with Gasteiger partial charge in [0.05, 0.1) is 10.9 Å². The van der Waals surface area contributed by atoms with Crippen LogP contribution in [-0.4, -0.2) is 15.5 Å². The van der Waals surface area contributed by atoms with Gasteiger partial charge in [-0.3, -0.25) is 14.2 Å². The molecular formula is C24H27N3O2. The summed E-state index contributed by atoms with van der Waals surface area (Å²) in [7, 11) is 0. The van der Waals surface area contributed by atoms with E-state index in [0.717, 1.165) is 42.0 Å². The van der Waals surface area contributed by atoms with Crippen LogP contribution in [0.2, 0.25) is 0 Å². The molecule has 0 radical (unpaired) electrons. The van der Waals surface area contributed by atoms with Crippen molar-refractivity contribution in [2.24, 2.45) is 0 Å². The highest BCUT2D eigenvalue weighted by atomic mass is 16.1. The van der Waals surface area contributed by atoms with Gasteiger partial charge >= 0.3 is 0 Å². The van der Waals surface area contributed by atoms with Crippen molar-refractivity contribution in [3.8, 4) is 0 Å². The average molecular weight is 389 g/mol. The lowest BCUT2D eigenvalue weighted by molar-refractivity contribution is 0.102. The Labute approximate surface area is 170 Å². The molecule has 29 heavy (non-hydrogen) atoms. The van der Waals surface area contributed by atoms with E-state index in [1.807, 2.05) is 6.07 Å². The molecule has 2 aromatic carbocycles. The van der Waals surface area contributed by atoms with Crippen LogP contribution in [0.5, 0.6) is 0 Å². The number of aryl methyl sites for hydroxylation is 1. The van der Waals surface area contributed by atoms with E-state index in [2.05, 4.69) is 50.1 Å². The first-order valence-electron chi connectivity index (χ1n) is 10.3. The molecule has 0 unspecified atom stereocenters. The third-order valence-corrected chi connectivity index (χ3v) is 5.69. The number of nitrogens with one attached hydrogen (secondary N) is 1. The van der Waals surface area contributed by atoms with Crippen molar-refractivity contribution in [2.45, 2.75) is 58.9 Å². The summed E-state index contributed by atoms with van der Waals surface area (Å²) in [6.07, 6.45) is 1.75. The third-order valence-electron chi connectivity index (χ3n) is 5.69. The Balaban J connectivity index is 1.74. The van der Waals surface area contributed by atoms with E-state index in [9.17, 15) is 9.59 Å². The lowest BCUT2D eigenvalue weighted by Crippen LogP contribution is -2.21. The van der Waals surface area contributed by atoms with Crippen molar-refractivity contribution in [3.05, 3.63) is 69.3 Å². The first-order valence-corrected chi connectivity index (χ1v) is 10.3. The largest absolute Gasteiger partial charge is 0.321 e. The predicted octanol–water partition coefficient (Wildman–Crippen LogP) is 4.84. The summed E-state index contributed by atoms with van der Waals surface area (Å²) in [6.45, 7) is 9.24. The summed E-state index contributed by atoms with van der Waals surface area (Å²) in [5, 5.41) is 3.71. The highest BCUT2D eigenvalue weighted by Gasteiger charge is 2.19. The molecule has 0 spiro atoms. The van der Waals surface area contributed by atoms with Gasteiger partial charge in [-0.25, -0.2) is 4.98 Å². The predicted molar refractivity (Wildman–Crippen MR) is 117 cm³/mol. The molecule has 3 aromatic rings. The zero-order chi connectivity index (χ0) is 20.7. The van der Waals surface area contributed by atoms with E-state index in [1.54, 1.807) is 22.8 Å². The highest BCUT2D eigenvalue weighted by Crippen LogP contribution is 2.32. The first kappa shape index (κ1) is 19.4. The average Bonchev–Trinajstić information content (AvgIpc) is 3.16. The number of nitrogens with zero attached hydrogens (tertiary/aromatic N) is 2. The van der Waals surface area contributed by atoms with E-state index < -0.39 is 0 Å². The van der Waals surface area contributed by atoms with Gasteiger partial charge in [0.1, 0.15) is 5.82 Å². The van der Waals surface area contributed by atoms with Crippen LogP contribution >= 0.6 is 0 Å². The van der Waals surface area contributed by atoms with E-state index in [-0.39, 0.29) is 11.5 Å². The molecule has 5 heteroatoms. The maximum absolute atomic E-state index is 13.1. The van der Waals surface area contributed by atoms with Crippen LogP contribution in [0.25, 0.3) is 10.9 Å². The molecule has 0 aliphatic carbocycles. The number of carbonyl (C=O) groups is 1. The summed E-state index contributed by atoms with van der Waals surface area (Å²) < 4.78 is 1.75. The smallest absolute Gasteiger partial charge is 0.261 e. The Hall–Kier alpha value is -2.95. The molecule has 0 saturated carbocycles. The van der Waals surface area contributed by atoms with Crippen LogP contribution in [0.15, 0.2) is 41.2 Å². The number of hydrogen-bond acceptors (Lipinski definition) is 3. The molecule has 5 nitrogen and oxygen atoms in total. The molecule has 2 heterocycles. The van der Waals surface area contributed by atoms with Crippen LogP contribution in [0, 0.1) is 0 Å². The summed E-state index contributed by atoms with van der Waals surface area (Å²) in [5.41, 5.74) is 4.24. The molecule has 0 bridgehead atoms. The van der Waals surface area contributed by atoms with Gasteiger partial charge in [-0.15, -0.1) is 0 Å². The van der Waals surface area contributed by atoms with Crippen LogP contribution in [0.1, 0.15) is 73.3 Å². The highest BCUT2D eigenvalue weighted by molar-refractivity contribution is 6.06. The number of carbonyl (C=O) groups excluding carboxylic acids is 1. The minimum Gasteiger partial charge on any atom is -0.321 e. The molecule has 0 saturated heterocycles. The van der Waals surface area contributed by atoms with Gasteiger partial charge in [-0.1, -0.05) is 45.9 Å². The van der Waals surface area contributed by atoms with Crippen LogP contribution in [-0.2, 0) is 13.0 Å². The van der Waals surface area contributed by atoms with Gasteiger partial charge in [-0.05, 0) is 47.6 Å². The molecule has 0 fully saturated rings. The maximum atomic E-state index is 13.1. The Morgan fingerprint density at radius 3 is 2.41 bits per heavy atom. The van der Waals surface area contributed by atoms with Gasteiger partial charge < -0.3 is 5.32 Å². The van der Waals surface area contributed by atoms with E-state index in [0.29, 0.717) is 28.3 Å².